The van der Waals surface area contributed by atoms with Gasteiger partial charge in [-0.3, -0.25) is 0 Å². The first-order chi connectivity index (χ1) is 9.17. The van der Waals surface area contributed by atoms with Gasteiger partial charge in [-0.2, -0.15) is 4.37 Å². The number of nitrogens with two attached hydrogens (primary N) is 1. The highest BCUT2D eigenvalue weighted by molar-refractivity contribution is 7.99. The molecule has 3 N–H and O–H groups in total. The number of halogens is 1. The molecule has 0 atom stereocenters. The van der Waals surface area contributed by atoms with Gasteiger partial charge in [0.15, 0.2) is 5.82 Å². The zero-order valence-corrected chi connectivity index (χ0v) is 13.0. The number of thioether (sulfide) groups is 1. The van der Waals surface area contributed by atoms with Crippen molar-refractivity contribution in [2.24, 2.45) is 0 Å². The third kappa shape index (κ3) is 3.08. The second-order valence-electron chi connectivity index (χ2n) is 3.70. The van der Waals surface area contributed by atoms with Crippen LogP contribution < -0.4 is 15.8 Å². The first-order valence-electron chi connectivity index (χ1n) is 5.51. The molecule has 2 aromatic rings. The minimum absolute atomic E-state index is 0.561. The molecule has 1 heterocycles. The van der Waals surface area contributed by atoms with E-state index in [1.165, 1.54) is 11.5 Å². The largest absolute Gasteiger partial charge is 0.496 e. The van der Waals surface area contributed by atoms with Crippen molar-refractivity contribution in [3.63, 3.8) is 0 Å². The normalized spacial score (nSPS) is 10.5. The van der Waals surface area contributed by atoms with Crippen molar-refractivity contribution in [2.45, 2.75) is 11.4 Å². The van der Waals surface area contributed by atoms with Crippen molar-refractivity contribution in [3.8, 4) is 5.75 Å². The number of methoxy groups -OCH3 is 1. The van der Waals surface area contributed by atoms with Crippen LogP contribution in [0.1, 0.15) is 5.56 Å². The molecule has 0 bridgehead atoms. The fourth-order valence-corrected chi connectivity index (χ4v) is 3.44. The number of aromatic nitrogens is 1. The van der Waals surface area contributed by atoms with Crippen molar-refractivity contribution in [3.05, 3.63) is 28.8 Å². The maximum absolute atomic E-state index is 6.19. The summed E-state index contributed by atoms with van der Waals surface area (Å²) in [6.45, 7) is 0.568. The van der Waals surface area contributed by atoms with E-state index in [0.717, 1.165) is 21.2 Å². The summed E-state index contributed by atoms with van der Waals surface area (Å²) in [5, 5.41) is 4.93. The lowest BCUT2D eigenvalue weighted by atomic mass is 10.2. The average Bonchev–Trinajstić information content (AvgIpc) is 2.77. The van der Waals surface area contributed by atoms with E-state index in [-0.39, 0.29) is 0 Å². The van der Waals surface area contributed by atoms with E-state index in [9.17, 15) is 0 Å². The zero-order valence-electron chi connectivity index (χ0n) is 10.6. The van der Waals surface area contributed by atoms with E-state index < -0.39 is 0 Å². The number of hydrogen-bond acceptors (Lipinski definition) is 6. The molecule has 0 spiro atoms. The van der Waals surface area contributed by atoms with E-state index in [1.807, 2.05) is 24.5 Å². The lowest BCUT2D eigenvalue weighted by Crippen LogP contribution is -2.02. The first kappa shape index (κ1) is 14.3. The second kappa shape index (κ2) is 6.36. The molecular weight excluding hydrogens is 302 g/mol. The Morgan fingerprint density at radius 1 is 1.53 bits per heavy atom. The van der Waals surface area contributed by atoms with Gasteiger partial charge in [0.2, 0.25) is 0 Å². The number of nitrogen functional groups attached to an aromatic ring is 1. The van der Waals surface area contributed by atoms with E-state index in [4.69, 9.17) is 22.1 Å². The van der Waals surface area contributed by atoms with Crippen molar-refractivity contribution in [1.29, 1.82) is 0 Å². The predicted molar refractivity (Wildman–Crippen MR) is 83.6 cm³/mol. The Hall–Kier alpha value is -1.11. The Bertz CT molecular complexity index is 574. The number of hydrogen-bond donors (Lipinski definition) is 2. The summed E-state index contributed by atoms with van der Waals surface area (Å²) in [6.07, 6.45) is 1.97. The monoisotopic (exact) mass is 315 g/mol. The molecule has 0 aliphatic rings. The summed E-state index contributed by atoms with van der Waals surface area (Å²) in [6, 6.07) is 5.60. The third-order valence-electron chi connectivity index (χ3n) is 2.60. The summed E-state index contributed by atoms with van der Waals surface area (Å²) in [5.74, 6) is 1.33. The van der Waals surface area contributed by atoms with Gasteiger partial charge in [0.05, 0.1) is 12.0 Å². The molecule has 1 aromatic carbocycles. The lowest BCUT2D eigenvalue weighted by molar-refractivity contribution is 0.410. The van der Waals surface area contributed by atoms with Gasteiger partial charge in [0.25, 0.3) is 0 Å². The van der Waals surface area contributed by atoms with Gasteiger partial charge in [-0.05, 0) is 29.9 Å². The number of anilines is 2. The van der Waals surface area contributed by atoms with E-state index in [1.54, 1.807) is 18.9 Å². The zero-order chi connectivity index (χ0) is 13.8. The molecular formula is C12H14ClN3OS2. The molecule has 0 saturated carbocycles. The number of rotatable bonds is 5. The average molecular weight is 316 g/mol. The minimum atomic E-state index is 0.561. The van der Waals surface area contributed by atoms with Crippen molar-refractivity contribution in [2.75, 3.05) is 24.4 Å². The van der Waals surface area contributed by atoms with Gasteiger partial charge in [-0.25, -0.2) is 0 Å². The van der Waals surface area contributed by atoms with Crippen LogP contribution in [0.3, 0.4) is 0 Å². The third-order valence-corrected chi connectivity index (χ3v) is 4.72. The Labute approximate surface area is 125 Å². The van der Waals surface area contributed by atoms with Gasteiger partial charge < -0.3 is 15.8 Å². The van der Waals surface area contributed by atoms with Crippen LogP contribution in [0.25, 0.3) is 0 Å². The molecule has 0 radical (unpaired) electrons. The van der Waals surface area contributed by atoms with Crippen LogP contribution in [-0.4, -0.2) is 17.7 Å². The summed E-state index contributed by atoms with van der Waals surface area (Å²) in [5.41, 5.74) is 6.72. The van der Waals surface area contributed by atoms with Gasteiger partial charge in [0.1, 0.15) is 10.8 Å². The summed E-state index contributed by atoms with van der Waals surface area (Å²) >= 11 is 9.11. The molecule has 0 saturated heterocycles. The Morgan fingerprint density at radius 3 is 3.00 bits per heavy atom. The number of nitrogens with one attached hydrogen (secondary N) is 1. The number of benzene rings is 1. The van der Waals surface area contributed by atoms with Gasteiger partial charge in [-0.1, -0.05) is 17.7 Å². The molecule has 2 rings (SSSR count). The van der Waals surface area contributed by atoms with Crippen LogP contribution in [0.5, 0.6) is 5.75 Å². The maximum Gasteiger partial charge on any atom is 0.153 e. The van der Waals surface area contributed by atoms with Crippen molar-refractivity contribution in [1.82, 2.24) is 4.37 Å². The topological polar surface area (TPSA) is 60.2 Å². The molecule has 0 aliphatic heterocycles. The Morgan fingerprint density at radius 2 is 2.32 bits per heavy atom. The van der Waals surface area contributed by atoms with E-state index in [0.29, 0.717) is 17.4 Å². The standard InChI is InChI=1S/C12H14ClN3OS2/c1-17-9-5-3-4-8(13)7(9)6-15-12-10(18-2)11(14)16-19-12/h3-5,15H,6H2,1-2H3,(H2,14,16). The maximum atomic E-state index is 6.19. The Balaban J connectivity index is 2.19. The molecule has 0 aliphatic carbocycles. The fourth-order valence-electron chi connectivity index (χ4n) is 1.67. The predicted octanol–water partition coefficient (Wildman–Crippen LogP) is 3.72. The molecule has 4 nitrogen and oxygen atoms in total. The molecule has 1 aromatic heterocycles. The smallest absolute Gasteiger partial charge is 0.153 e. The molecule has 7 heteroatoms. The fraction of sp³-hybridized carbons (Fsp3) is 0.250. The Kier molecular flexibility index (Phi) is 4.79. The van der Waals surface area contributed by atoms with Crippen LogP contribution in [0, 0.1) is 0 Å². The van der Waals surface area contributed by atoms with Crippen molar-refractivity contribution >= 4 is 45.7 Å². The van der Waals surface area contributed by atoms with Gasteiger partial charge in [0, 0.05) is 17.1 Å². The summed E-state index contributed by atoms with van der Waals surface area (Å²) in [7, 11) is 1.63. The number of ether oxygens (including phenoxy) is 1. The van der Waals surface area contributed by atoms with Gasteiger partial charge >= 0.3 is 0 Å². The summed E-state index contributed by atoms with van der Waals surface area (Å²) < 4.78 is 9.45. The second-order valence-corrected chi connectivity index (χ2v) is 5.70. The van der Waals surface area contributed by atoms with Crippen LogP contribution >= 0.6 is 34.9 Å². The van der Waals surface area contributed by atoms with Crippen molar-refractivity contribution < 1.29 is 4.74 Å². The molecule has 19 heavy (non-hydrogen) atoms. The van der Waals surface area contributed by atoms with Crippen LogP contribution in [-0.2, 0) is 6.54 Å². The summed E-state index contributed by atoms with van der Waals surface area (Å²) in [4.78, 5) is 0.969. The minimum Gasteiger partial charge on any atom is -0.496 e. The van der Waals surface area contributed by atoms with Gasteiger partial charge in [-0.15, -0.1) is 11.8 Å². The number of nitrogens with zero attached hydrogens (tertiary/aromatic N) is 1. The molecule has 0 amide bonds. The quantitative estimate of drug-likeness (QED) is 0.823. The highest BCUT2D eigenvalue weighted by Gasteiger charge is 2.12. The SMILES string of the molecule is COc1cccc(Cl)c1CNc1snc(N)c1SC. The molecule has 0 fully saturated rings. The van der Waals surface area contributed by atoms with E-state index >= 15 is 0 Å². The highest BCUT2D eigenvalue weighted by Crippen LogP contribution is 2.36. The van der Waals surface area contributed by atoms with Crippen LogP contribution in [0.4, 0.5) is 10.8 Å². The first-order valence-corrected chi connectivity index (χ1v) is 7.89. The lowest BCUT2D eigenvalue weighted by Gasteiger charge is -2.11. The molecule has 0 unspecified atom stereocenters. The highest BCUT2D eigenvalue weighted by atomic mass is 35.5. The van der Waals surface area contributed by atoms with Crippen LogP contribution in [0.2, 0.25) is 5.02 Å². The molecule has 102 valence electrons. The van der Waals surface area contributed by atoms with E-state index in [2.05, 4.69) is 9.69 Å². The van der Waals surface area contributed by atoms with Crippen LogP contribution in [0.15, 0.2) is 23.1 Å².